The minimum absolute atomic E-state index is 0.00818. The molecule has 2 aliphatic heterocycles. The van der Waals surface area contributed by atoms with Gasteiger partial charge in [-0.1, -0.05) is 19.3 Å². The van der Waals surface area contributed by atoms with Crippen molar-refractivity contribution in [3.05, 3.63) is 46.2 Å². The molecule has 2 saturated heterocycles. The lowest BCUT2D eigenvalue weighted by Gasteiger charge is -2.36. The first-order chi connectivity index (χ1) is 16.6. The number of hydrogen-bond donors (Lipinski definition) is 0. The molecule has 1 saturated carbocycles. The van der Waals surface area contributed by atoms with Gasteiger partial charge in [0.05, 0.1) is 5.01 Å². The van der Waals surface area contributed by atoms with Crippen LogP contribution in [0.4, 0.5) is 10.1 Å². The fourth-order valence-corrected chi connectivity index (χ4v) is 6.47. The maximum atomic E-state index is 13.2. The SMILES string of the molecule is O=C(c1csc(C2CCN(C(=O)C3CCCCC3)CC2)n1)N1CCN(c2ccc(F)cc2)CC1. The van der Waals surface area contributed by atoms with E-state index < -0.39 is 0 Å². The lowest BCUT2D eigenvalue weighted by molar-refractivity contribution is -0.137. The van der Waals surface area contributed by atoms with Crippen LogP contribution in [0.5, 0.6) is 0 Å². The number of hydrogen-bond acceptors (Lipinski definition) is 5. The first-order valence-electron chi connectivity index (χ1n) is 12.6. The fraction of sp³-hybridized carbons (Fsp3) is 0.577. The largest absolute Gasteiger partial charge is 0.368 e. The highest BCUT2D eigenvalue weighted by Crippen LogP contribution is 2.33. The van der Waals surface area contributed by atoms with Crippen LogP contribution >= 0.6 is 11.3 Å². The molecular formula is C26H33FN4O2S. The van der Waals surface area contributed by atoms with Crippen molar-refractivity contribution < 1.29 is 14.0 Å². The molecule has 0 spiro atoms. The van der Waals surface area contributed by atoms with Gasteiger partial charge >= 0.3 is 0 Å². The van der Waals surface area contributed by atoms with Gasteiger partial charge in [0.15, 0.2) is 0 Å². The Bertz CT molecular complexity index is 988. The minimum atomic E-state index is -0.238. The topological polar surface area (TPSA) is 56.8 Å². The van der Waals surface area contributed by atoms with Crippen molar-refractivity contribution in [3.63, 3.8) is 0 Å². The lowest BCUT2D eigenvalue weighted by atomic mass is 9.87. The van der Waals surface area contributed by atoms with E-state index >= 15 is 0 Å². The summed E-state index contributed by atoms with van der Waals surface area (Å²) in [6.07, 6.45) is 7.59. The molecule has 0 radical (unpaired) electrons. The third-order valence-corrected chi connectivity index (χ3v) is 8.62. The number of halogens is 1. The number of nitrogens with zero attached hydrogens (tertiary/aromatic N) is 4. The molecule has 34 heavy (non-hydrogen) atoms. The van der Waals surface area contributed by atoms with Crippen molar-refractivity contribution in [1.82, 2.24) is 14.8 Å². The highest BCUT2D eigenvalue weighted by atomic mass is 32.1. The van der Waals surface area contributed by atoms with Crippen molar-refractivity contribution in [1.29, 1.82) is 0 Å². The van der Waals surface area contributed by atoms with E-state index in [-0.39, 0.29) is 17.6 Å². The van der Waals surface area contributed by atoms with Gasteiger partial charge in [-0.15, -0.1) is 11.3 Å². The van der Waals surface area contributed by atoms with Crippen LogP contribution in [0, 0.1) is 11.7 Å². The Hall–Kier alpha value is -2.48. The molecule has 0 bridgehead atoms. The van der Waals surface area contributed by atoms with Gasteiger partial charge in [0.1, 0.15) is 11.5 Å². The van der Waals surface area contributed by atoms with E-state index in [1.54, 1.807) is 23.5 Å². The molecule has 2 aromatic rings. The van der Waals surface area contributed by atoms with Gasteiger partial charge in [0.2, 0.25) is 5.91 Å². The maximum Gasteiger partial charge on any atom is 0.273 e. The Morgan fingerprint density at radius 2 is 1.53 bits per heavy atom. The second-order valence-electron chi connectivity index (χ2n) is 9.76. The van der Waals surface area contributed by atoms with E-state index in [4.69, 9.17) is 4.98 Å². The molecule has 0 N–H and O–H groups in total. The highest BCUT2D eigenvalue weighted by Gasteiger charge is 2.31. The first-order valence-corrected chi connectivity index (χ1v) is 13.5. The van der Waals surface area contributed by atoms with Gasteiger partial charge in [0.25, 0.3) is 5.91 Å². The predicted octanol–water partition coefficient (Wildman–Crippen LogP) is 4.53. The van der Waals surface area contributed by atoms with Crippen molar-refractivity contribution in [2.45, 2.75) is 50.9 Å². The van der Waals surface area contributed by atoms with E-state index in [0.29, 0.717) is 30.6 Å². The molecule has 3 aliphatic rings. The molecule has 3 heterocycles. The Labute approximate surface area is 204 Å². The number of benzene rings is 1. The first kappa shape index (κ1) is 23.3. The zero-order chi connectivity index (χ0) is 23.5. The summed E-state index contributed by atoms with van der Waals surface area (Å²) in [5, 5.41) is 2.92. The molecule has 1 aliphatic carbocycles. The van der Waals surface area contributed by atoms with Crippen LogP contribution in [0.15, 0.2) is 29.6 Å². The molecule has 182 valence electrons. The van der Waals surface area contributed by atoms with Crippen molar-refractivity contribution >= 4 is 28.8 Å². The number of thiazole rings is 1. The third kappa shape index (κ3) is 5.11. The van der Waals surface area contributed by atoms with Crippen LogP contribution in [0.25, 0.3) is 0 Å². The van der Waals surface area contributed by atoms with Crippen LogP contribution < -0.4 is 4.90 Å². The minimum Gasteiger partial charge on any atom is -0.368 e. The van der Waals surface area contributed by atoms with Gasteiger partial charge in [-0.25, -0.2) is 9.37 Å². The third-order valence-electron chi connectivity index (χ3n) is 7.61. The number of carbonyl (C=O) groups is 2. The molecule has 2 amide bonds. The smallest absolute Gasteiger partial charge is 0.273 e. The molecule has 1 aromatic heterocycles. The van der Waals surface area contributed by atoms with Crippen LogP contribution in [-0.2, 0) is 4.79 Å². The highest BCUT2D eigenvalue weighted by molar-refractivity contribution is 7.09. The van der Waals surface area contributed by atoms with Gasteiger partial charge < -0.3 is 14.7 Å². The van der Waals surface area contributed by atoms with Crippen molar-refractivity contribution in [2.24, 2.45) is 5.92 Å². The zero-order valence-electron chi connectivity index (χ0n) is 19.6. The van der Waals surface area contributed by atoms with Gasteiger partial charge in [0, 0.05) is 62.2 Å². The second kappa shape index (κ2) is 10.4. The Kier molecular flexibility index (Phi) is 7.13. The zero-order valence-corrected chi connectivity index (χ0v) is 20.4. The van der Waals surface area contributed by atoms with E-state index in [2.05, 4.69) is 9.80 Å². The molecule has 0 atom stereocenters. The summed E-state index contributed by atoms with van der Waals surface area (Å²) in [5.74, 6) is 0.674. The molecular weight excluding hydrogens is 451 g/mol. The molecule has 8 heteroatoms. The molecule has 6 nitrogen and oxygen atoms in total. The second-order valence-corrected chi connectivity index (χ2v) is 10.7. The maximum absolute atomic E-state index is 13.2. The van der Waals surface area contributed by atoms with E-state index in [0.717, 1.165) is 62.6 Å². The molecule has 0 unspecified atom stereocenters. The van der Waals surface area contributed by atoms with Crippen LogP contribution in [0.2, 0.25) is 0 Å². The van der Waals surface area contributed by atoms with Crippen molar-refractivity contribution in [3.8, 4) is 0 Å². The van der Waals surface area contributed by atoms with Crippen LogP contribution in [0.3, 0.4) is 0 Å². The van der Waals surface area contributed by atoms with Gasteiger partial charge in [-0.05, 0) is 49.9 Å². The molecule has 5 rings (SSSR count). The van der Waals surface area contributed by atoms with Gasteiger partial charge in [-0.3, -0.25) is 9.59 Å². The Morgan fingerprint density at radius 1 is 0.853 bits per heavy atom. The lowest BCUT2D eigenvalue weighted by Crippen LogP contribution is -2.48. The molecule has 1 aromatic carbocycles. The van der Waals surface area contributed by atoms with Gasteiger partial charge in [-0.2, -0.15) is 0 Å². The predicted molar refractivity (Wildman–Crippen MR) is 132 cm³/mol. The number of likely N-dealkylation sites (tertiary alicyclic amines) is 1. The summed E-state index contributed by atoms with van der Waals surface area (Å²) < 4.78 is 13.2. The number of piperidine rings is 1. The number of aromatic nitrogens is 1. The number of amides is 2. The Morgan fingerprint density at radius 3 is 2.21 bits per heavy atom. The summed E-state index contributed by atoms with van der Waals surface area (Å²) in [5.41, 5.74) is 1.52. The number of piperazine rings is 1. The Balaban J connectivity index is 1.12. The quantitative estimate of drug-likeness (QED) is 0.640. The standard InChI is InChI=1S/C26H33FN4O2S/c27-21-6-8-22(9-7-21)29-14-16-31(17-15-29)26(33)23-18-34-24(28-23)19-10-12-30(13-11-19)25(32)20-4-2-1-3-5-20/h6-9,18-20H,1-5,10-17H2. The number of rotatable bonds is 4. The average molecular weight is 485 g/mol. The normalized spacial score (nSPS) is 20.6. The van der Waals surface area contributed by atoms with E-state index in [1.807, 2.05) is 10.3 Å². The summed E-state index contributed by atoms with van der Waals surface area (Å²) in [6.45, 7) is 4.31. The summed E-state index contributed by atoms with van der Waals surface area (Å²) in [4.78, 5) is 36.7. The fourth-order valence-electron chi connectivity index (χ4n) is 5.51. The average Bonchev–Trinajstić information content (AvgIpc) is 3.39. The summed E-state index contributed by atoms with van der Waals surface area (Å²) >= 11 is 1.58. The van der Waals surface area contributed by atoms with E-state index in [1.165, 1.54) is 31.4 Å². The number of anilines is 1. The van der Waals surface area contributed by atoms with E-state index in [9.17, 15) is 14.0 Å². The monoisotopic (exact) mass is 484 g/mol. The number of carbonyl (C=O) groups excluding carboxylic acids is 2. The van der Waals surface area contributed by atoms with Crippen molar-refractivity contribution in [2.75, 3.05) is 44.2 Å². The van der Waals surface area contributed by atoms with Crippen LogP contribution in [-0.4, -0.2) is 65.9 Å². The summed E-state index contributed by atoms with van der Waals surface area (Å²) in [7, 11) is 0. The molecule has 3 fully saturated rings. The summed E-state index contributed by atoms with van der Waals surface area (Å²) in [6, 6.07) is 6.52. The van der Waals surface area contributed by atoms with Crippen LogP contribution in [0.1, 0.15) is 66.4 Å².